The van der Waals surface area contributed by atoms with Crippen LogP contribution in [0.5, 0.6) is 0 Å². The standard InChI is InChI=1S/C15H15N3O2/c19-12-3-5-15(20,6-4-12)14-2-1-11(9-18-14)13-10-16-7-8-17-13/h1-2,7-10,20H,3-6H2. The Hall–Kier alpha value is -2.14. The van der Waals surface area contributed by atoms with Gasteiger partial charge in [-0.05, 0) is 25.0 Å². The van der Waals surface area contributed by atoms with Crippen molar-refractivity contribution in [2.45, 2.75) is 31.3 Å². The summed E-state index contributed by atoms with van der Waals surface area (Å²) in [6, 6.07) is 3.68. The van der Waals surface area contributed by atoms with E-state index in [-0.39, 0.29) is 5.78 Å². The lowest BCUT2D eigenvalue weighted by Crippen LogP contribution is -2.32. The van der Waals surface area contributed by atoms with Crippen molar-refractivity contribution in [3.05, 3.63) is 42.6 Å². The number of rotatable bonds is 2. The minimum absolute atomic E-state index is 0.214. The van der Waals surface area contributed by atoms with Crippen LogP contribution in [0, 0.1) is 0 Å². The van der Waals surface area contributed by atoms with E-state index in [2.05, 4.69) is 15.0 Å². The van der Waals surface area contributed by atoms with E-state index in [0.29, 0.717) is 31.4 Å². The lowest BCUT2D eigenvalue weighted by molar-refractivity contribution is -0.125. The van der Waals surface area contributed by atoms with E-state index in [1.807, 2.05) is 6.07 Å². The molecule has 0 saturated heterocycles. The maximum absolute atomic E-state index is 11.3. The molecule has 2 aromatic rings. The fourth-order valence-corrected chi connectivity index (χ4v) is 2.47. The molecule has 5 nitrogen and oxygen atoms in total. The summed E-state index contributed by atoms with van der Waals surface area (Å²) < 4.78 is 0. The van der Waals surface area contributed by atoms with Crippen molar-refractivity contribution in [3.8, 4) is 11.3 Å². The lowest BCUT2D eigenvalue weighted by atomic mass is 9.81. The van der Waals surface area contributed by atoms with Crippen molar-refractivity contribution in [1.29, 1.82) is 0 Å². The van der Waals surface area contributed by atoms with Crippen LogP contribution in [-0.2, 0) is 10.4 Å². The highest BCUT2D eigenvalue weighted by Gasteiger charge is 2.35. The largest absolute Gasteiger partial charge is 0.384 e. The summed E-state index contributed by atoms with van der Waals surface area (Å²) in [6.07, 6.45) is 8.34. The molecule has 1 saturated carbocycles. The summed E-state index contributed by atoms with van der Waals surface area (Å²) in [5, 5.41) is 10.6. The van der Waals surface area contributed by atoms with E-state index >= 15 is 0 Å². The molecule has 1 fully saturated rings. The summed E-state index contributed by atoms with van der Waals surface area (Å²) in [4.78, 5) is 23.8. The molecule has 0 aliphatic heterocycles. The second-order valence-corrected chi connectivity index (χ2v) is 5.09. The zero-order valence-corrected chi connectivity index (χ0v) is 11.0. The topological polar surface area (TPSA) is 76.0 Å². The molecule has 2 heterocycles. The van der Waals surface area contributed by atoms with Crippen LogP contribution in [0.25, 0.3) is 11.3 Å². The Morgan fingerprint density at radius 2 is 1.85 bits per heavy atom. The fraction of sp³-hybridized carbons (Fsp3) is 0.333. The number of hydrogen-bond donors (Lipinski definition) is 1. The van der Waals surface area contributed by atoms with Crippen molar-refractivity contribution in [1.82, 2.24) is 15.0 Å². The van der Waals surface area contributed by atoms with Gasteiger partial charge in [-0.15, -0.1) is 0 Å². The Morgan fingerprint density at radius 1 is 1.05 bits per heavy atom. The monoisotopic (exact) mass is 269 g/mol. The average molecular weight is 269 g/mol. The molecule has 0 spiro atoms. The molecule has 0 unspecified atom stereocenters. The zero-order valence-electron chi connectivity index (χ0n) is 11.0. The number of nitrogens with zero attached hydrogens (tertiary/aromatic N) is 3. The Morgan fingerprint density at radius 3 is 2.45 bits per heavy atom. The van der Waals surface area contributed by atoms with Gasteiger partial charge < -0.3 is 5.11 Å². The second kappa shape index (κ2) is 5.09. The molecule has 1 N–H and O–H groups in total. The molecular formula is C15H15N3O2. The number of Topliss-reactive ketones (excluding diaryl/α,β-unsaturated/α-hetero) is 1. The lowest BCUT2D eigenvalue weighted by Gasteiger charge is -2.30. The summed E-state index contributed by atoms with van der Waals surface area (Å²) in [5.74, 6) is 0.214. The number of hydrogen-bond acceptors (Lipinski definition) is 5. The minimum atomic E-state index is -0.977. The van der Waals surface area contributed by atoms with Crippen LogP contribution in [0.15, 0.2) is 36.9 Å². The molecule has 0 atom stereocenters. The van der Waals surface area contributed by atoms with Crippen LogP contribution in [-0.4, -0.2) is 25.8 Å². The fourth-order valence-electron chi connectivity index (χ4n) is 2.47. The Kier molecular flexibility index (Phi) is 3.28. The van der Waals surface area contributed by atoms with Crippen LogP contribution >= 0.6 is 0 Å². The first kappa shape index (κ1) is 12.9. The van der Waals surface area contributed by atoms with Gasteiger partial charge in [0.2, 0.25) is 0 Å². The molecule has 0 amide bonds. The molecule has 1 aliphatic rings. The first-order chi connectivity index (χ1) is 9.67. The summed E-state index contributed by atoms with van der Waals surface area (Å²) in [5.41, 5.74) is 1.25. The van der Waals surface area contributed by atoms with Crippen molar-refractivity contribution in [2.24, 2.45) is 0 Å². The number of pyridine rings is 1. The van der Waals surface area contributed by atoms with E-state index in [9.17, 15) is 9.90 Å². The molecule has 3 rings (SSSR count). The van der Waals surface area contributed by atoms with Gasteiger partial charge in [0.25, 0.3) is 0 Å². The number of aromatic nitrogens is 3. The van der Waals surface area contributed by atoms with Gasteiger partial charge in [0.15, 0.2) is 0 Å². The SMILES string of the molecule is O=C1CCC(O)(c2ccc(-c3cnccn3)cn2)CC1. The molecule has 2 aromatic heterocycles. The van der Waals surface area contributed by atoms with Crippen molar-refractivity contribution in [3.63, 3.8) is 0 Å². The highest BCUT2D eigenvalue weighted by Crippen LogP contribution is 2.34. The summed E-state index contributed by atoms with van der Waals surface area (Å²) in [6.45, 7) is 0. The zero-order chi connectivity index (χ0) is 14.0. The van der Waals surface area contributed by atoms with Crippen LogP contribution in [0.3, 0.4) is 0 Å². The van der Waals surface area contributed by atoms with Crippen LogP contribution < -0.4 is 0 Å². The Labute approximate surface area is 116 Å². The first-order valence-electron chi connectivity index (χ1n) is 6.64. The molecule has 0 radical (unpaired) electrons. The van der Waals surface area contributed by atoms with Gasteiger partial charge in [-0.25, -0.2) is 0 Å². The highest BCUT2D eigenvalue weighted by molar-refractivity contribution is 5.79. The first-order valence-corrected chi connectivity index (χ1v) is 6.64. The predicted octanol–water partition coefficient (Wildman–Crippen LogP) is 1.87. The molecule has 102 valence electrons. The van der Waals surface area contributed by atoms with Crippen LogP contribution in [0.4, 0.5) is 0 Å². The van der Waals surface area contributed by atoms with Gasteiger partial charge in [-0.1, -0.05) is 0 Å². The molecule has 5 heteroatoms. The molecular weight excluding hydrogens is 254 g/mol. The number of carbonyl (C=O) groups is 1. The Balaban J connectivity index is 1.85. The van der Waals surface area contributed by atoms with Gasteiger partial charge in [-0.2, -0.15) is 0 Å². The number of carbonyl (C=O) groups excluding carboxylic acids is 1. The normalized spacial score (nSPS) is 17.9. The summed E-state index contributed by atoms with van der Waals surface area (Å²) >= 11 is 0. The van der Waals surface area contributed by atoms with E-state index in [0.717, 1.165) is 11.3 Å². The number of ketones is 1. The maximum atomic E-state index is 11.3. The third-order valence-corrected chi connectivity index (χ3v) is 3.73. The van der Waals surface area contributed by atoms with Crippen LogP contribution in [0.1, 0.15) is 31.4 Å². The van der Waals surface area contributed by atoms with Gasteiger partial charge in [0.1, 0.15) is 11.4 Å². The van der Waals surface area contributed by atoms with Crippen LogP contribution in [0.2, 0.25) is 0 Å². The van der Waals surface area contributed by atoms with Crippen molar-refractivity contribution >= 4 is 5.78 Å². The molecule has 1 aliphatic carbocycles. The van der Waals surface area contributed by atoms with Gasteiger partial charge in [-0.3, -0.25) is 19.7 Å². The quantitative estimate of drug-likeness (QED) is 0.900. The van der Waals surface area contributed by atoms with E-state index in [4.69, 9.17) is 0 Å². The van der Waals surface area contributed by atoms with Gasteiger partial charge >= 0.3 is 0 Å². The Bertz CT molecular complexity index is 601. The second-order valence-electron chi connectivity index (χ2n) is 5.09. The predicted molar refractivity (Wildman–Crippen MR) is 72.6 cm³/mol. The third kappa shape index (κ3) is 2.44. The summed E-state index contributed by atoms with van der Waals surface area (Å²) in [7, 11) is 0. The molecule has 0 aromatic carbocycles. The maximum Gasteiger partial charge on any atom is 0.133 e. The van der Waals surface area contributed by atoms with E-state index < -0.39 is 5.60 Å². The molecule has 20 heavy (non-hydrogen) atoms. The minimum Gasteiger partial charge on any atom is -0.384 e. The van der Waals surface area contributed by atoms with Gasteiger partial charge in [0.05, 0.1) is 17.6 Å². The van der Waals surface area contributed by atoms with Gasteiger partial charge in [0, 0.05) is 37.0 Å². The third-order valence-electron chi connectivity index (χ3n) is 3.73. The average Bonchev–Trinajstić information content (AvgIpc) is 2.52. The molecule has 0 bridgehead atoms. The van der Waals surface area contributed by atoms with Crippen molar-refractivity contribution < 1.29 is 9.90 Å². The highest BCUT2D eigenvalue weighted by atomic mass is 16.3. The van der Waals surface area contributed by atoms with E-state index in [1.54, 1.807) is 30.9 Å². The smallest absolute Gasteiger partial charge is 0.133 e. The van der Waals surface area contributed by atoms with E-state index in [1.165, 1.54) is 0 Å². The number of aliphatic hydroxyl groups is 1. The van der Waals surface area contributed by atoms with Crippen molar-refractivity contribution in [2.75, 3.05) is 0 Å².